The molecule has 0 atom stereocenters. The normalized spacial score (nSPS) is 14.7. The summed E-state index contributed by atoms with van der Waals surface area (Å²) in [7, 11) is 0. The van der Waals surface area contributed by atoms with Crippen LogP contribution in [0, 0.1) is 5.41 Å². The maximum atomic E-state index is 12.7. The van der Waals surface area contributed by atoms with Gasteiger partial charge in [-0.05, 0) is 35.7 Å². The zero-order valence-corrected chi connectivity index (χ0v) is 17.2. The number of piperazine rings is 1. The molecule has 0 saturated carbocycles. The van der Waals surface area contributed by atoms with Crippen molar-refractivity contribution < 1.29 is 14.4 Å². The number of rotatable bonds is 3. The molecule has 0 spiro atoms. The van der Waals surface area contributed by atoms with Crippen molar-refractivity contribution in [3.05, 3.63) is 52.2 Å². The molecule has 1 fully saturated rings. The molecule has 1 aliphatic rings. The highest BCUT2D eigenvalue weighted by Gasteiger charge is 2.31. The van der Waals surface area contributed by atoms with E-state index in [0.29, 0.717) is 42.3 Å². The lowest BCUT2D eigenvalue weighted by molar-refractivity contribution is -0.140. The molecule has 1 aromatic carbocycles. The summed E-state index contributed by atoms with van der Waals surface area (Å²) in [6.45, 7) is 7.88. The second-order valence-corrected chi connectivity index (χ2v) is 8.79. The molecular formula is C21H25N3O3S. The quantitative estimate of drug-likeness (QED) is 0.861. The van der Waals surface area contributed by atoms with Crippen LogP contribution in [0.15, 0.2) is 41.8 Å². The van der Waals surface area contributed by atoms with Gasteiger partial charge in [0.15, 0.2) is 0 Å². The summed E-state index contributed by atoms with van der Waals surface area (Å²) < 4.78 is 0. The molecule has 0 unspecified atom stereocenters. The van der Waals surface area contributed by atoms with Gasteiger partial charge < -0.3 is 15.1 Å². The smallest absolute Gasteiger partial charge is 0.265 e. The molecule has 1 saturated heterocycles. The first-order valence-corrected chi connectivity index (χ1v) is 10.2. The maximum Gasteiger partial charge on any atom is 0.265 e. The van der Waals surface area contributed by atoms with Gasteiger partial charge in [0, 0.05) is 42.8 Å². The number of carbonyl (C=O) groups is 3. The van der Waals surface area contributed by atoms with Crippen LogP contribution in [0.1, 0.15) is 40.8 Å². The summed E-state index contributed by atoms with van der Waals surface area (Å²) in [5.74, 6) is -0.0989. The van der Waals surface area contributed by atoms with Gasteiger partial charge in [-0.25, -0.2) is 0 Å². The van der Waals surface area contributed by atoms with E-state index >= 15 is 0 Å². The van der Waals surface area contributed by atoms with Crippen molar-refractivity contribution in [2.45, 2.75) is 20.8 Å². The number of nitrogens with zero attached hydrogens (tertiary/aromatic N) is 2. The second-order valence-electron chi connectivity index (χ2n) is 7.84. The van der Waals surface area contributed by atoms with Gasteiger partial charge in [0.25, 0.3) is 11.8 Å². The molecule has 7 heteroatoms. The van der Waals surface area contributed by atoms with E-state index in [1.54, 1.807) is 35.2 Å². The number of benzene rings is 1. The third-order valence-corrected chi connectivity index (χ3v) is 5.50. The molecular weight excluding hydrogens is 374 g/mol. The summed E-state index contributed by atoms with van der Waals surface area (Å²) in [5, 5.41) is 4.68. The molecule has 0 aliphatic carbocycles. The van der Waals surface area contributed by atoms with Crippen LogP contribution in [0.4, 0.5) is 5.69 Å². The zero-order chi connectivity index (χ0) is 20.3. The highest BCUT2D eigenvalue weighted by Crippen LogP contribution is 2.20. The minimum absolute atomic E-state index is 0.0565. The molecule has 2 aromatic rings. The Bertz CT molecular complexity index is 846. The zero-order valence-electron chi connectivity index (χ0n) is 16.4. The molecule has 3 amide bonds. The van der Waals surface area contributed by atoms with Crippen LogP contribution in [0.3, 0.4) is 0 Å². The van der Waals surface area contributed by atoms with Crippen LogP contribution >= 0.6 is 11.3 Å². The Labute approximate surface area is 169 Å². The van der Waals surface area contributed by atoms with Crippen molar-refractivity contribution >= 4 is 34.7 Å². The number of anilines is 1. The van der Waals surface area contributed by atoms with Crippen molar-refractivity contribution in [1.29, 1.82) is 0 Å². The topological polar surface area (TPSA) is 69.7 Å². The summed E-state index contributed by atoms with van der Waals surface area (Å²) in [4.78, 5) is 41.4. The van der Waals surface area contributed by atoms with Gasteiger partial charge in [-0.15, -0.1) is 11.3 Å². The molecule has 1 N–H and O–H groups in total. The lowest BCUT2D eigenvalue weighted by Crippen LogP contribution is -2.53. The molecule has 1 aliphatic heterocycles. The average molecular weight is 400 g/mol. The summed E-state index contributed by atoms with van der Waals surface area (Å²) in [5.41, 5.74) is 0.815. The Morgan fingerprint density at radius 1 is 0.929 bits per heavy atom. The third-order valence-electron chi connectivity index (χ3n) is 4.63. The van der Waals surface area contributed by atoms with E-state index in [2.05, 4.69) is 5.32 Å². The Morgan fingerprint density at radius 3 is 2.07 bits per heavy atom. The number of hydrogen-bond donors (Lipinski definition) is 1. The number of amides is 3. The van der Waals surface area contributed by atoms with Crippen molar-refractivity contribution in [2.75, 3.05) is 31.5 Å². The first-order valence-electron chi connectivity index (χ1n) is 9.29. The van der Waals surface area contributed by atoms with E-state index in [1.807, 2.05) is 37.1 Å². The predicted molar refractivity (Wildman–Crippen MR) is 111 cm³/mol. The Balaban J connectivity index is 1.57. The van der Waals surface area contributed by atoms with E-state index in [9.17, 15) is 14.4 Å². The van der Waals surface area contributed by atoms with E-state index in [0.717, 1.165) is 0 Å². The fraction of sp³-hybridized carbons (Fsp3) is 0.381. The van der Waals surface area contributed by atoms with Crippen LogP contribution in [0.5, 0.6) is 0 Å². The average Bonchev–Trinajstić information content (AvgIpc) is 3.22. The molecule has 2 heterocycles. The van der Waals surface area contributed by atoms with Crippen LogP contribution in [-0.4, -0.2) is 53.7 Å². The number of hydrogen-bond acceptors (Lipinski definition) is 4. The highest BCUT2D eigenvalue weighted by molar-refractivity contribution is 7.12. The number of carbonyl (C=O) groups excluding carboxylic acids is 3. The third kappa shape index (κ3) is 4.59. The Kier molecular flexibility index (Phi) is 5.84. The molecule has 148 valence electrons. The SMILES string of the molecule is CC(C)(C)C(=O)N1CCN(C(=O)c2ccc(NC(=O)c3cccs3)cc2)CC1. The van der Waals surface area contributed by atoms with Crippen LogP contribution in [-0.2, 0) is 4.79 Å². The largest absolute Gasteiger partial charge is 0.339 e. The highest BCUT2D eigenvalue weighted by atomic mass is 32.1. The van der Waals surface area contributed by atoms with Crippen molar-refractivity contribution in [1.82, 2.24) is 9.80 Å². The minimum Gasteiger partial charge on any atom is -0.339 e. The minimum atomic E-state index is -0.407. The number of nitrogens with one attached hydrogen (secondary N) is 1. The molecule has 0 radical (unpaired) electrons. The standard InChI is InChI=1S/C21H25N3O3S/c1-21(2,3)20(27)24-12-10-23(11-13-24)19(26)15-6-8-16(9-7-15)22-18(25)17-5-4-14-28-17/h4-9,14H,10-13H2,1-3H3,(H,22,25). The molecule has 28 heavy (non-hydrogen) atoms. The maximum absolute atomic E-state index is 12.7. The Hall–Kier alpha value is -2.67. The van der Waals surface area contributed by atoms with Gasteiger partial charge in [0.1, 0.15) is 0 Å². The van der Waals surface area contributed by atoms with Gasteiger partial charge in [0.2, 0.25) is 5.91 Å². The summed E-state index contributed by atoms with van der Waals surface area (Å²) >= 11 is 1.38. The molecule has 0 bridgehead atoms. The first-order chi connectivity index (χ1) is 13.3. The molecule has 6 nitrogen and oxygen atoms in total. The van der Waals surface area contributed by atoms with E-state index < -0.39 is 5.41 Å². The number of thiophene rings is 1. The summed E-state index contributed by atoms with van der Waals surface area (Å²) in [6, 6.07) is 10.5. The summed E-state index contributed by atoms with van der Waals surface area (Å²) in [6.07, 6.45) is 0. The van der Waals surface area contributed by atoms with Crippen molar-refractivity contribution in [2.24, 2.45) is 5.41 Å². The van der Waals surface area contributed by atoms with Gasteiger partial charge in [0.05, 0.1) is 4.88 Å². The molecule has 3 rings (SSSR count). The lowest BCUT2D eigenvalue weighted by atomic mass is 9.94. The second kappa shape index (κ2) is 8.14. The van der Waals surface area contributed by atoms with Gasteiger partial charge in [-0.3, -0.25) is 14.4 Å². The fourth-order valence-corrected chi connectivity index (χ4v) is 3.69. The van der Waals surface area contributed by atoms with Gasteiger partial charge >= 0.3 is 0 Å². The van der Waals surface area contributed by atoms with Crippen molar-refractivity contribution in [3.63, 3.8) is 0 Å². The van der Waals surface area contributed by atoms with E-state index in [-0.39, 0.29) is 17.7 Å². The monoisotopic (exact) mass is 399 g/mol. The van der Waals surface area contributed by atoms with Crippen molar-refractivity contribution in [3.8, 4) is 0 Å². The Morgan fingerprint density at radius 2 is 1.54 bits per heavy atom. The fourth-order valence-electron chi connectivity index (χ4n) is 3.07. The predicted octanol–water partition coefficient (Wildman–Crippen LogP) is 3.33. The molecule has 1 aromatic heterocycles. The van der Waals surface area contributed by atoms with Crippen LogP contribution in [0.25, 0.3) is 0 Å². The van der Waals surface area contributed by atoms with Gasteiger partial charge in [-0.1, -0.05) is 26.8 Å². The van der Waals surface area contributed by atoms with Gasteiger partial charge in [-0.2, -0.15) is 0 Å². The van der Waals surface area contributed by atoms with E-state index in [4.69, 9.17) is 0 Å². The van der Waals surface area contributed by atoms with Crippen LogP contribution < -0.4 is 5.32 Å². The first kappa shape index (κ1) is 20.1. The van der Waals surface area contributed by atoms with E-state index in [1.165, 1.54) is 11.3 Å². The van der Waals surface area contributed by atoms with Crippen LogP contribution in [0.2, 0.25) is 0 Å². The lowest BCUT2D eigenvalue weighted by Gasteiger charge is -2.37.